The average Bonchev–Trinajstić information content (AvgIpc) is 3.38. The lowest BCUT2D eigenvalue weighted by Crippen LogP contribution is -2.43. The smallest absolute Gasteiger partial charge is 0.486 e. The van der Waals surface area contributed by atoms with E-state index in [2.05, 4.69) is 120 Å². The summed E-state index contributed by atoms with van der Waals surface area (Å²) in [6.45, 7) is 23.6. The van der Waals surface area contributed by atoms with Gasteiger partial charge in [0, 0.05) is 39.6 Å². The molecule has 1 aliphatic heterocycles. The summed E-state index contributed by atoms with van der Waals surface area (Å²) >= 11 is 16.7. The number of ketones is 3. The molecule has 18 heteroatoms. The molecule has 442 valence electrons. The number of hydrogen-bond acceptors (Lipinski definition) is 12. The number of amides is 1. The van der Waals surface area contributed by atoms with Gasteiger partial charge in [0.2, 0.25) is 0 Å². The molecule has 80 heavy (non-hydrogen) atoms. The van der Waals surface area contributed by atoms with E-state index in [-0.39, 0.29) is 85.5 Å². The number of aliphatic hydroxyl groups is 2. The monoisotopic (exact) mass is 1430 g/mol. The summed E-state index contributed by atoms with van der Waals surface area (Å²) in [5, 5.41) is 18.3. The van der Waals surface area contributed by atoms with Gasteiger partial charge in [0.15, 0.2) is 5.78 Å². The Morgan fingerprint density at radius 2 is 0.975 bits per heavy atom. The highest BCUT2D eigenvalue weighted by atomic mass is 79.9. The van der Waals surface area contributed by atoms with Gasteiger partial charge >= 0.3 is 18.0 Å². The molecule has 1 amide bonds. The van der Waals surface area contributed by atoms with Crippen molar-refractivity contribution in [3.8, 4) is 0 Å². The van der Waals surface area contributed by atoms with Crippen LogP contribution in [0.2, 0.25) is 0 Å². The normalized spacial score (nSPS) is 12.2. The maximum atomic E-state index is 11.9. The summed E-state index contributed by atoms with van der Waals surface area (Å²) < 4.78 is 24.2. The second-order valence-electron chi connectivity index (χ2n) is 17.5. The summed E-state index contributed by atoms with van der Waals surface area (Å²) in [6.07, 6.45) is -0.296. The van der Waals surface area contributed by atoms with E-state index in [4.69, 9.17) is 31.0 Å². The van der Waals surface area contributed by atoms with Gasteiger partial charge in [-0.3, -0.25) is 28.8 Å². The lowest BCUT2D eigenvalue weighted by molar-refractivity contribution is -0.153. The van der Waals surface area contributed by atoms with E-state index in [9.17, 15) is 28.8 Å². The number of carbonyl (C=O) groups excluding carboxylic acids is 6. The summed E-state index contributed by atoms with van der Waals surface area (Å²) in [6, 6.07) is 38.1. The molecule has 0 radical (unpaired) electrons. The highest BCUT2D eigenvalue weighted by Crippen LogP contribution is 2.32. The zero-order valence-electron chi connectivity index (χ0n) is 44.1. The SMILES string of the molecule is C.C.C.C.CC(=O)Cc1ccc(Br)cc1.CC(CO)(CO)c1ccc(Br)cc1.CC1(c2ccc(Br)cc2)COC1.CCOC(=O)C(C(C)=O)c1ccc(Br)cc1.CCOC(=O)C(C)(C(C)=O)c1ccc(Br)cc1.[C-]#[N+]C(=O)OCC. The van der Waals surface area contributed by atoms with Crippen molar-refractivity contribution in [3.05, 3.63) is 183 Å². The van der Waals surface area contributed by atoms with Gasteiger partial charge in [-0.05, 0) is 137 Å². The van der Waals surface area contributed by atoms with E-state index in [1.54, 1.807) is 83.1 Å². The molecular weight excluding hydrogens is 1350 g/mol. The summed E-state index contributed by atoms with van der Waals surface area (Å²) in [5.74, 6) is -2.04. The summed E-state index contributed by atoms with van der Waals surface area (Å²) in [4.78, 5) is 69.7. The zero-order chi connectivity index (χ0) is 57.6. The van der Waals surface area contributed by atoms with Crippen LogP contribution in [0.15, 0.2) is 144 Å². The molecule has 0 bridgehead atoms. The Labute approximate surface area is 518 Å². The van der Waals surface area contributed by atoms with Gasteiger partial charge in [0.25, 0.3) is 0 Å². The molecular formula is C62H82Br5NO12. The Kier molecular flexibility index (Phi) is 43.1. The van der Waals surface area contributed by atoms with Crippen LogP contribution in [0.4, 0.5) is 4.79 Å². The van der Waals surface area contributed by atoms with E-state index in [0.29, 0.717) is 17.5 Å². The quantitative estimate of drug-likeness (QED) is 0.0438. The van der Waals surface area contributed by atoms with Crippen LogP contribution >= 0.6 is 79.6 Å². The number of nitrogens with zero attached hydrogens (tertiary/aromatic N) is 1. The number of hydrogen-bond donors (Lipinski definition) is 2. The molecule has 0 aliphatic carbocycles. The molecule has 2 atom stereocenters. The maximum absolute atomic E-state index is 11.9. The highest BCUT2D eigenvalue weighted by Gasteiger charge is 2.41. The molecule has 0 saturated carbocycles. The highest BCUT2D eigenvalue weighted by molar-refractivity contribution is 9.11. The van der Waals surface area contributed by atoms with Crippen molar-refractivity contribution in [1.29, 1.82) is 0 Å². The fourth-order valence-corrected chi connectivity index (χ4v) is 7.82. The lowest BCUT2D eigenvalue weighted by atomic mass is 9.79. The van der Waals surface area contributed by atoms with Crippen LogP contribution in [-0.4, -0.2) is 91.8 Å². The van der Waals surface area contributed by atoms with Crippen LogP contribution in [-0.2, 0) is 65.6 Å². The minimum absolute atomic E-state index is 0. The fourth-order valence-electron chi connectivity index (χ4n) is 6.50. The first kappa shape index (κ1) is 81.8. The van der Waals surface area contributed by atoms with Crippen LogP contribution in [0.5, 0.6) is 0 Å². The van der Waals surface area contributed by atoms with Crippen molar-refractivity contribution in [2.24, 2.45) is 0 Å². The van der Waals surface area contributed by atoms with Gasteiger partial charge in [0.05, 0.1) is 46.2 Å². The van der Waals surface area contributed by atoms with E-state index in [1.807, 2.05) is 55.5 Å². The first-order chi connectivity index (χ1) is 35.8. The van der Waals surface area contributed by atoms with Crippen LogP contribution < -0.4 is 0 Å². The van der Waals surface area contributed by atoms with Gasteiger partial charge in [-0.1, -0.05) is 184 Å². The Balaban J connectivity index is -0.000000436. The number of carbonyl (C=O) groups is 6. The number of rotatable bonds is 15. The molecule has 0 aromatic heterocycles. The van der Waals surface area contributed by atoms with Crippen molar-refractivity contribution in [1.82, 2.24) is 0 Å². The third kappa shape index (κ3) is 28.3. The first-order valence-corrected chi connectivity index (χ1v) is 27.7. The topological polar surface area (TPSA) is 184 Å². The fraction of sp³-hybridized carbons (Fsp3) is 0.403. The molecule has 1 aliphatic rings. The lowest BCUT2D eigenvalue weighted by Gasteiger charge is -2.38. The first-order valence-electron chi connectivity index (χ1n) is 23.8. The Hall–Kier alpha value is -4.71. The van der Waals surface area contributed by atoms with Crippen LogP contribution in [0.1, 0.15) is 126 Å². The van der Waals surface area contributed by atoms with Gasteiger partial charge in [0.1, 0.15) is 29.5 Å². The second-order valence-corrected chi connectivity index (χ2v) is 22.1. The van der Waals surface area contributed by atoms with E-state index < -0.39 is 34.8 Å². The zero-order valence-corrected chi connectivity index (χ0v) is 52.0. The van der Waals surface area contributed by atoms with Crippen molar-refractivity contribution in [3.63, 3.8) is 0 Å². The summed E-state index contributed by atoms with van der Waals surface area (Å²) in [7, 11) is 0. The minimum Gasteiger partial charge on any atom is -0.486 e. The Morgan fingerprint density at radius 1 is 0.600 bits per heavy atom. The number of halogens is 5. The molecule has 1 heterocycles. The average molecular weight is 1430 g/mol. The molecule has 5 aromatic rings. The van der Waals surface area contributed by atoms with E-state index >= 15 is 0 Å². The van der Waals surface area contributed by atoms with E-state index in [0.717, 1.165) is 46.7 Å². The number of ether oxygens (including phenoxy) is 4. The minimum atomic E-state index is -1.23. The summed E-state index contributed by atoms with van der Waals surface area (Å²) in [5.41, 5.74) is 3.19. The number of Topliss-reactive ketones (excluding diaryl/α,β-unsaturated/α-hetero) is 3. The molecule has 0 spiro atoms. The molecule has 2 unspecified atom stereocenters. The van der Waals surface area contributed by atoms with Crippen molar-refractivity contribution in [2.45, 2.75) is 121 Å². The van der Waals surface area contributed by atoms with Gasteiger partial charge in [-0.25, -0.2) is 0 Å². The van der Waals surface area contributed by atoms with E-state index in [1.165, 1.54) is 19.4 Å². The maximum Gasteiger partial charge on any atom is 0.561 e. The number of benzene rings is 5. The van der Waals surface area contributed by atoms with Crippen molar-refractivity contribution >= 4 is 115 Å². The third-order valence-corrected chi connectivity index (χ3v) is 13.9. The molecule has 5 aromatic carbocycles. The molecule has 2 N–H and O–H groups in total. The Morgan fingerprint density at radius 3 is 1.29 bits per heavy atom. The standard InChI is InChI=1S/C13H15BrO3.C12H13BrO3.C10H13BrO2.C10H11BrO.C9H9BrO.C4H5NO2.4CH4/c1-4-17-12(16)13(3,9(2)15)10-5-7-11(14)8-6-10;1-3-16-12(15)11(8(2)14)9-4-6-10(13)7-5-9;1-10(6-12,7-13)8-2-4-9(11)5-3-8;1-10(6-12-7-10)8-2-4-9(11)5-3-8;1-7(11)6-8-2-4-9(10)5-3-8;1-3-7-4(6)5-2;;;;/h5-8H,4H2,1-3H3;4-7,11H,3H2,1-2H3;2-5,12-13H,6-7H2,1H3;2-5H,6-7H2,1H3;2-5H,6H2,1H3;3H2,1H3;4*1H4. The number of aliphatic hydroxyl groups excluding tert-OH is 2. The largest absolute Gasteiger partial charge is 0.561 e. The Bertz CT molecular complexity index is 2630. The molecule has 6 rings (SSSR count). The van der Waals surface area contributed by atoms with Crippen LogP contribution in [0.3, 0.4) is 0 Å². The van der Waals surface area contributed by atoms with Gasteiger partial charge in [-0.15, -0.1) is 0 Å². The van der Waals surface area contributed by atoms with Gasteiger partial charge < -0.3 is 29.2 Å². The van der Waals surface area contributed by atoms with Crippen LogP contribution in [0, 0.1) is 6.57 Å². The number of esters is 2. The van der Waals surface area contributed by atoms with Crippen LogP contribution in [0.25, 0.3) is 4.85 Å². The van der Waals surface area contributed by atoms with Gasteiger partial charge in [-0.2, -0.15) is 4.85 Å². The second kappa shape index (κ2) is 42.2. The third-order valence-electron chi connectivity index (χ3n) is 11.3. The molecule has 1 fully saturated rings. The molecule has 1 saturated heterocycles. The van der Waals surface area contributed by atoms with Crippen molar-refractivity contribution < 1.29 is 57.9 Å². The predicted molar refractivity (Wildman–Crippen MR) is 340 cm³/mol. The molecule has 13 nitrogen and oxygen atoms in total. The predicted octanol–water partition coefficient (Wildman–Crippen LogP) is 16.2. The van der Waals surface area contributed by atoms with Crippen molar-refractivity contribution in [2.75, 3.05) is 46.2 Å².